The predicted molar refractivity (Wildman–Crippen MR) is 27.6 cm³/mol. The number of hydrogen-bond acceptors (Lipinski definition) is 2. The van der Waals surface area contributed by atoms with Crippen molar-refractivity contribution >= 4 is 0 Å². The molecule has 0 aromatic carbocycles. The van der Waals surface area contributed by atoms with Crippen molar-refractivity contribution in [3.05, 3.63) is 6.79 Å². The molecule has 0 atom stereocenters. The van der Waals surface area contributed by atoms with Crippen LogP contribution in [0.25, 0.3) is 0 Å². The number of ether oxygens (including phenoxy) is 2. The minimum atomic E-state index is 0. The molecule has 8 heavy (non-hydrogen) atoms. The number of rotatable bonds is 4. The van der Waals surface area contributed by atoms with E-state index < -0.39 is 0 Å². The third-order valence-corrected chi connectivity index (χ3v) is 0.469. The quantitative estimate of drug-likeness (QED) is 0.341. The van der Waals surface area contributed by atoms with Crippen LogP contribution in [-0.4, -0.2) is 13.2 Å². The van der Waals surface area contributed by atoms with E-state index in [2.05, 4.69) is 0 Å². The topological polar surface area (TPSA) is 18.5 Å². The van der Waals surface area contributed by atoms with Gasteiger partial charge < -0.3 is 9.47 Å². The van der Waals surface area contributed by atoms with Crippen LogP contribution in [0.3, 0.4) is 0 Å². The fourth-order valence-corrected chi connectivity index (χ4v) is 0.184. The van der Waals surface area contributed by atoms with Crippen LogP contribution in [0.2, 0.25) is 0 Å². The molecule has 2 nitrogen and oxygen atoms in total. The number of hydrogen-bond donors (Lipinski definition) is 0. The molecule has 0 aliphatic carbocycles. The summed E-state index contributed by atoms with van der Waals surface area (Å²) in [5, 5.41) is 0. The second kappa shape index (κ2) is 10.6. The van der Waals surface area contributed by atoms with Gasteiger partial charge in [-0.3, -0.25) is 0 Å². The average molecular weight is 151 g/mol. The van der Waals surface area contributed by atoms with Gasteiger partial charge in [0, 0.05) is 34.9 Å². The summed E-state index contributed by atoms with van der Waals surface area (Å²) >= 11 is 0. The Labute approximate surface area is 65.4 Å². The Morgan fingerprint density at radius 1 is 1.12 bits per heavy atom. The molecule has 0 saturated carbocycles. The van der Waals surface area contributed by atoms with Gasteiger partial charge in [-0.2, -0.15) is 0 Å². The molecule has 0 heterocycles. The summed E-state index contributed by atoms with van der Waals surface area (Å²) in [6, 6.07) is 0. The first-order chi connectivity index (χ1) is 3.41. The van der Waals surface area contributed by atoms with Gasteiger partial charge in [0.15, 0.2) is 0 Å². The summed E-state index contributed by atoms with van der Waals surface area (Å²) in [6.07, 6.45) is 0. The maximum absolute atomic E-state index is 4.73. The van der Waals surface area contributed by atoms with Gasteiger partial charge in [0.2, 0.25) is 0 Å². The van der Waals surface area contributed by atoms with Gasteiger partial charge in [0.25, 0.3) is 0 Å². The van der Waals surface area contributed by atoms with E-state index in [1.54, 1.807) is 0 Å². The van der Waals surface area contributed by atoms with Crippen LogP contribution in [0.1, 0.15) is 13.8 Å². The minimum absolute atomic E-state index is 0. The van der Waals surface area contributed by atoms with Crippen molar-refractivity contribution in [2.45, 2.75) is 13.8 Å². The van der Waals surface area contributed by atoms with E-state index in [1.165, 1.54) is 6.79 Å². The van der Waals surface area contributed by atoms with E-state index in [-0.39, 0.29) is 21.7 Å². The standard InChI is InChI=1S/C5H11O2.Ti/c1-3-6-5-7-4-2;/h5H,3-4H2,1-2H3;/q-1;. The molecule has 0 rings (SSSR count). The summed E-state index contributed by atoms with van der Waals surface area (Å²) in [5.41, 5.74) is 0. The van der Waals surface area contributed by atoms with Crippen molar-refractivity contribution in [2.75, 3.05) is 13.2 Å². The summed E-state index contributed by atoms with van der Waals surface area (Å²) in [5.74, 6) is 0. The van der Waals surface area contributed by atoms with Crippen molar-refractivity contribution in [2.24, 2.45) is 0 Å². The molecule has 0 N–H and O–H groups in total. The van der Waals surface area contributed by atoms with Crippen LogP contribution in [0.4, 0.5) is 0 Å². The summed E-state index contributed by atoms with van der Waals surface area (Å²) < 4.78 is 9.45. The first kappa shape index (κ1) is 11.4. The average Bonchev–Trinajstić information content (AvgIpc) is 1.69. The van der Waals surface area contributed by atoms with Crippen molar-refractivity contribution in [1.29, 1.82) is 0 Å². The summed E-state index contributed by atoms with van der Waals surface area (Å²) in [4.78, 5) is 0. The predicted octanol–water partition coefficient (Wildman–Crippen LogP) is 1.18. The van der Waals surface area contributed by atoms with Gasteiger partial charge in [0.1, 0.15) is 0 Å². The molecule has 0 amide bonds. The zero-order chi connectivity index (χ0) is 5.54. The van der Waals surface area contributed by atoms with Gasteiger partial charge in [-0.05, 0) is 13.8 Å². The largest absolute Gasteiger partial charge is 0.525 e. The molecular weight excluding hydrogens is 140 g/mol. The van der Waals surface area contributed by atoms with Gasteiger partial charge in [-0.15, -0.1) is 0 Å². The Balaban J connectivity index is 0. The molecule has 0 fully saturated rings. The van der Waals surface area contributed by atoms with E-state index in [9.17, 15) is 0 Å². The second-order valence-electron chi connectivity index (χ2n) is 1.01. The van der Waals surface area contributed by atoms with Gasteiger partial charge >= 0.3 is 0 Å². The van der Waals surface area contributed by atoms with Crippen molar-refractivity contribution < 1.29 is 31.2 Å². The molecule has 0 aromatic rings. The molecule has 0 radical (unpaired) electrons. The molecule has 0 bridgehead atoms. The third kappa shape index (κ3) is 9.81. The van der Waals surface area contributed by atoms with Gasteiger partial charge in [-0.1, -0.05) is 6.79 Å². The van der Waals surface area contributed by atoms with Crippen LogP contribution in [0, 0.1) is 6.79 Å². The van der Waals surface area contributed by atoms with Crippen LogP contribution < -0.4 is 0 Å². The summed E-state index contributed by atoms with van der Waals surface area (Å²) in [7, 11) is 0. The Morgan fingerprint density at radius 2 is 1.50 bits per heavy atom. The fraction of sp³-hybridized carbons (Fsp3) is 0.800. The van der Waals surface area contributed by atoms with Gasteiger partial charge in [0.05, 0.1) is 0 Å². The maximum Gasteiger partial charge on any atom is 0.0101 e. The monoisotopic (exact) mass is 151 g/mol. The molecule has 0 aliphatic rings. The Kier molecular flexibility index (Phi) is 15.1. The molecule has 0 unspecified atom stereocenters. The normalized spacial score (nSPS) is 8.25. The zero-order valence-electron chi connectivity index (χ0n) is 5.31. The summed E-state index contributed by atoms with van der Waals surface area (Å²) in [6.45, 7) is 6.55. The van der Waals surface area contributed by atoms with Crippen LogP contribution in [0.15, 0.2) is 0 Å². The van der Waals surface area contributed by atoms with Crippen LogP contribution >= 0.6 is 0 Å². The minimum Gasteiger partial charge on any atom is -0.525 e. The first-order valence-electron chi connectivity index (χ1n) is 2.46. The Hall–Kier alpha value is 0.634. The van der Waals surface area contributed by atoms with Gasteiger partial charge in [-0.25, -0.2) is 0 Å². The first-order valence-corrected chi connectivity index (χ1v) is 2.46. The van der Waals surface area contributed by atoms with E-state index in [0.29, 0.717) is 13.2 Å². The van der Waals surface area contributed by atoms with Crippen molar-refractivity contribution in [3.8, 4) is 0 Å². The van der Waals surface area contributed by atoms with Crippen LogP contribution in [-0.2, 0) is 31.2 Å². The molecule has 0 saturated heterocycles. The zero-order valence-corrected chi connectivity index (χ0v) is 6.87. The van der Waals surface area contributed by atoms with E-state index in [4.69, 9.17) is 9.47 Å². The van der Waals surface area contributed by atoms with Crippen molar-refractivity contribution in [3.63, 3.8) is 0 Å². The molecule has 0 spiro atoms. The third-order valence-electron chi connectivity index (χ3n) is 0.469. The van der Waals surface area contributed by atoms with E-state index in [0.717, 1.165) is 0 Å². The SMILES string of the molecule is CCO[CH-]OCC.[Ti]. The van der Waals surface area contributed by atoms with Crippen molar-refractivity contribution in [1.82, 2.24) is 0 Å². The maximum atomic E-state index is 4.73. The molecule has 0 aliphatic heterocycles. The van der Waals surface area contributed by atoms with E-state index >= 15 is 0 Å². The molecule has 0 aromatic heterocycles. The van der Waals surface area contributed by atoms with E-state index in [1.807, 2.05) is 13.8 Å². The van der Waals surface area contributed by atoms with Crippen LogP contribution in [0.5, 0.6) is 0 Å². The molecular formula is C5H11O2Ti-. The molecule has 48 valence electrons. The second-order valence-corrected chi connectivity index (χ2v) is 1.01. The fourth-order valence-electron chi connectivity index (χ4n) is 0.184. The Morgan fingerprint density at radius 3 is 1.75 bits per heavy atom. The molecule has 3 heteroatoms. The Bertz CT molecular complexity index is 29.6. The smallest absolute Gasteiger partial charge is 0.0101 e.